The lowest BCUT2D eigenvalue weighted by Crippen LogP contribution is -2.36. The van der Waals surface area contributed by atoms with Crippen LogP contribution in [0.4, 0.5) is 0 Å². The third-order valence-corrected chi connectivity index (χ3v) is 4.80. The first kappa shape index (κ1) is 16.4. The quantitative estimate of drug-likeness (QED) is 0.632. The van der Waals surface area contributed by atoms with E-state index in [9.17, 15) is 0 Å². The SMILES string of the molecule is CCCCC(CC)(CCOc1ccccc1)CNC1CC1. The summed E-state index contributed by atoms with van der Waals surface area (Å²) in [5, 5.41) is 3.75. The third-order valence-electron chi connectivity index (χ3n) is 4.80. The number of hydrogen-bond acceptors (Lipinski definition) is 2. The van der Waals surface area contributed by atoms with Crippen LogP contribution in [0.3, 0.4) is 0 Å². The predicted molar refractivity (Wildman–Crippen MR) is 89.8 cm³/mol. The Morgan fingerprint density at radius 2 is 1.90 bits per heavy atom. The van der Waals surface area contributed by atoms with Crippen molar-refractivity contribution in [3.63, 3.8) is 0 Å². The summed E-state index contributed by atoms with van der Waals surface area (Å²) in [7, 11) is 0. The molecule has 1 aromatic carbocycles. The fourth-order valence-electron chi connectivity index (χ4n) is 2.88. The summed E-state index contributed by atoms with van der Waals surface area (Å²) < 4.78 is 5.94. The zero-order chi connectivity index (χ0) is 15.0. The highest BCUT2D eigenvalue weighted by molar-refractivity contribution is 5.20. The molecule has 0 heterocycles. The molecule has 1 aromatic rings. The Balaban J connectivity index is 1.83. The Morgan fingerprint density at radius 1 is 1.14 bits per heavy atom. The zero-order valence-electron chi connectivity index (χ0n) is 13.7. The molecule has 21 heavy (non-hydrogen) atoms. The van der Waals surface area contributed by atoms with Gasteiger partial charge in [-0.15, -0.1) is 0 Å². The molecule has 0 spiro atoms. The lowest BCUT2D eigenvalue weighted by Gasteiger charge is -2.33. The molecule has 1 fully saturated rings. The van der Waals surface area contributed by atoms with Crippen molar-refractivity contribution >= 4 is 0 Å². The molecule has 1 saturated carbocycles. The standard InChI is InChI=1S/C19H31NO/c1-3-5-13-19(4-2,16-20-17-11-12-17)14-15-21-18-9-7-6-8-10-18/h6-10,17,20H,3-5,11-16H2,1-2H3. The van der Waals surface area contributed by atoms with E-state index in [-0.39, 0.29) is 0 Å². The summed E-state index contributed by atoms with van der Waals surface area (Å²) in [6.45, 7) is 6.61. The van der Waals surface area contributed by atoms with E-state index in [1.54, 1.807) is 0 Å². The van der Waals surface area contributed by atoms with Crippen molar-refractivity contribution in [1.82, 2.24) is 5.32 Å². The predicted octanol–water partition coefficient (Wildman–Crippen LogP) is 4.79. The molecule has 2 heteroatoms. The minimum atomic E-state index is 0.410. The first-order valence-corrected chi connectivity index (χ1v) is 8.69. The molecule has 1 aliphatic rings. The van der Waals surface area contributed by atoms with Gasteiger partial charge in [-0.1, -0.05) is 44.9 Å². The fraction of sp³-hybridized carbons (Fsp3) is 0.684. The maximum atomic E-state index is 5.94. The van der Waals surface area contributed by atoms with Gasteiger partial charge in [0.1, 0.15) is 5.75 Å². The highest BCUT2D eigenvalue weighted by Gasteiger charge is 2.30. The van der Waals surface area contributed by atoms with E-state index in [1.165, 1.54) is 38.5 Å². The van der Waals surface area contributed by atoms with Gasteiger partial charge >= 0.3 is 0 Å². The smallest absolute Gasteiger partial charge is 0.119 e. The molecule has 0 saturated heterocycles. The van der Waals surface area contributed by atoms with Crippen LogP contribution >= 0.6 is 0 Å². The highest BCUT2D eigenvalue weighted by atomic mass is 16.5. The topological polar surface area (TPSA) is 21.3 Å². The van der Waals surface area contributed by atoms with Crippen LogP contribution in [0.5, 0.6) is 5.75 Å². The molecule has 1 N–H and O–H groups in total. The van der Waals surface area contributed by atoms with Gasteiger partial charge in [0.25, 0.3) is 0 Å². The number of benzene rings is 1. The largest absolute Gasteiger partial charge is 0.494 e. The Kier molecular flexibility index (Phi) is 6.56. The van der Waals surface area contributed by atoms with Crippen molar-refractivity contribution in [1.29, 1.82) is 0 Å². The third kappa shape index (κ3) is 5.70. The fourth-order valence-corrected chi connectivity index (χ4v) is 2.88. The van der Waals surface area contributed by atoms with Crippen LogP contribution in [0.2, 0.25) is 0 Å². The molecule has 2 rings (SSSR count). The monoisotopic (exact) mass is 289 g/mol. The van der Waals surface area contributed by atoms with Crippen LogP contribution < -0.4 is 10.1 Å². The number of hydrogen-bond donors (Lipinski definition) is 1. The molecule has 1 atom stereocenters. The Hall–Kier alpha value is -1.02. The van der Waals surface area contributed by atoms with E-state index < -0.39 is 0 Å². The van der Waals surface area contributed by atoms with E-state index in [4.69, 9.17) is 4.74 Å². The molecule has 0 bridgehead atoms. The van der Waals surface area contributed by atoms with Gasteiger partial charge in [-0.3, -0.25) is 0 Å². The molecular formula is C19H31NO. The van der Waals surface area contributed by atoms with Crippen molar-refractivity contribution < 1.29 is 4.74 Å². The van der Waals surface area contributed by atoms with Crippen molar-refractivity contribution in [2.24, 2.45) is 5.41 Å². The van der Waals surface area contributed by atoms with Gasteiger partial charge in [0.05, 0.1) is 6.61 Å². The lowest BCUT2D eigenvalue weighted by atomic mass is 9.77. The summed E-state index contributed by atoms with van der Waals surface area (Å²) in [4.78, 5) is 0. The normalized spacial score (nSPS) is 17.4. The summed E-state index contributed by atoms with van der Waals surface area (Å²) in [5.74, 6) is 0.994. The number of rotatable bonds is 11. The summed E-state index contributed by atoms with van der Waals surface area (Å²) in [6, 6.07) is 11.0. The van der Waals surface area contributed by atoms with E-state index in [0.717, 1.165) is 31.4 Å². The second kappa shape index (κ2) is 8.43. The van der Waals surface area contributed by atoms with Gasteiger partial charge in [0.15, 0.2) is 0 Å². The average molecular weight is 289 g/mol. The highest BCUT2D eigenvalue weighted by Crippen LogP contribution is 2.34. The summed E-state index contributed by atoms with van der Waals surface area (Å²) >= 11 is 0. The Labute approximate surface area is 130 Å². The second-order valence-corrected chi connectivity index (χ2v) is 6.52. The van der Waals surface area contributed by atoms with Crippen molar-refractivity contribution in [2.45, 2.75) is 64.8 Å². The van der Waals surface area contributed by atoms with Gasteiger partial charge in [-0.25, -0.2) is 0 Å². The molecule has 0 aromatic heterocycles. The first-order valence-electron chi connectivity index (χ1n) is 8.69. The van der Waals surface area contributed by atoms with Gasteiger partial charge in [0.2, 0.25) is 0 Å². The Morgan fingerprint density at radius 3 is 2.52 bits per heavy atom. The molecule has 1 aliphatic carbocycles. The number of nitrogens with one attached hydrogen (secondary N) is 1. The van der Waals surface area contributed by atoms with Crippen LogP contribution in [-0.2, 0) is 0 Å². The summed E-state index contributed by atoms with van der Waals surface area (Å²) in [6.07, 6.45) is 9.05. The average Bonchev–Trinajstić information content (AvgIpc) is 3.35. The van der Waals surface area contributed by atoms with Gasteiger partial charge < -0.3 is 10.1 Å². The molecule has 118 valence electrons. The lowest BCUT2D eigenvalue weighted by molar-refractivity contribution is 0.164. The molecule has 0 aliphatic heterocycles. The maximum absolute atomic E-state index is 5.94. The van der Waals surface area contributed by atoms with E-state index in [2.05, 4.69) is 19.2 Å². The van der Waals surface area contributed by atoms with E-state index in [0.29, 0.717) is 5.41 Å². The van der Waals surface area contributed by atoms with Gasteiger partial charge in [-0.05, 0) is 49.7 Å². The first-order chi connectivity index (χ1) is 10.3. The van der Waals surface area contributed by atoms with Crippen molar-refractivity contribution in [3.8, 4) is 5.75 Å². The van der Waals surface area contributed by atoms with Gasteiger partial charge in [0, 0.05) is 12.6 Å². The van der Waals surface area contributed by atoms with Crippen LogP contribution in [0.1, 0.15) is 58.8 Å². The minimum Gasteiger partial charge on any atom is -0.494 e. The second-order valence-electron chi connectivity index (χ2n) is 6.52. The Bertz CT molecular complexity index is 388. The van der Waals surface area contributed by atoms with E-state index in [1.807, 2.05) is 30.3 Å². The van der Waals surface area contributed by atoms with Crippen LogP contribution in [0.25, 0.3) is 0 Å². The van der Waals surface area contributed by atoms with Crippen molar-refractivity contribution in [3.05, 3.63) is 30.3 Å². The molecule has 1 unspecified atom stereocenters. The molecule has 2 nitrogen and oxygen atoms in total. The molecule has 0 amide bonds. The number of ether oxygens (including phenoxy) is 1. The van der Waals surface area contributed by atoms with Crippen LogP contribution in [-0.4, -0.2) is 19.2 Å². The minimum absolute atomic E-state index is 0.410. The molecule has 0 radical (unpaired) electrons. The number of unbranched alkanes of at least 4 members (excludes halogenated alkanes) is 1. The van der Waals surface area contributed by atoms with Crippen LogP contribution in [0.15, 0.2) is 30.3 Å². The van der Waals surface area contributed by atoms with Crippen molar-refractivity contribution in [2.75, 3.05) is 13.2 Å². The number of para-hydroxylation sites is 1. The summed E-state index contributed by atoms with van der Waals surface area (Å²) in [5.41, 5.74) is 0.410. The zero-order valence-corrected chi connectivity index (χ0v) is 13.7. The maximum Gasteiger partial charge on any atom is 0.119 e. The van der Waals surface area contributed by atoms with E-state index >= 15 is 0 Å². The molecular weight excluding hydrogens is 258 g/mol. The van der Waals surface area contributed by atoms with Crippen LogP contribution in [0, 0.1) is 5.41 Å². The van der Waals surface area contributed by atoms with Gasteiger partial charge in [-0.2, -0.15) is 0 Å².